The fourth-order valence-electron chi connectivity index (χ4n) is 7.01. The smallest absolute Gasteiger partial charge is 0.399 e. The Kier molecular flexibility index (Phi) is 10.5. The van der Waals surface area contributed by atoms with E-state index in [1.54, 1.807) is 12.1 Å². The molecule has 4 N–H and O–H groups in total. The molecular formula is C35H42F6N10O. The summed E-state index contributed by atoms with van der Waals surface area (Å²) in [5.41, 5.74) is 13.4. The maximum Gasteiger partial charge on any atom is 0.435 e. The van der Waals surface area contributed by atoms with Crippen molar-refractivity contribution in [1.82, 2.24) is 29.4 Å². The van der Waals surface area contributed by atoms with Crippen LogP contribution in [0.4, 0.5) is 49.1 Å². The molecular weight excluding hydrogens is 690 g/mol. The lowest BCUT2D eigenvalue weighted by molar-refractivity contribution is -0.142. The second-order valence-electron chi connectivity index (χ2n) is 13.4. The Labute approximate surface area is 297 Å². The third-order valence-electron chi connectivity index (χ3n) is 9.87. The quantitative estimate of drug-likeness (QED) is 0.179. The van der Waals surface area contributed by atoms with Crippen LogP contribution in [0.25, 0.3) is 0 Å². The number of nitrogens with two attached hydrogens (primary N) is 2. The summed E-state index contributed by atoms with van der Waals surface area (Å²) in [7, 11) is 0. The average molecular weight is 733 g/mol. The van der Waals surface area contributed by atoms with E-state index in [1.807, 2.05) is 46.2 Å². The zero-order valence-electron chi connectivity index (χ0n) is 28.9. The molecule has 2 unspecified atom stereocenters. The third-order valence-corrected chi connectivity index (χ3v) is 9.87. The van der Waals surface area contributed by atoms with E-state index >= 15 is 4.79 Å². The van der Waals surface area contributed by atoms with Crippen LogP contribution in [0.1, 0.15) is 22.8 Å². The molecule has 0 spiro atoms. The summed E-state index contributed by atoms with van der Waals surface area (Å²) in [6, 6.07) is 14.8. The first-order valence-corrected chi connectivity index (χ1v) is 17.0. The number of ketones is 1. The molecule has 2 aliphatic rings. The van der Waals surface area contributed by atoms with Gasteiger partial charge in [0.1, 0.15) is 0 Å². The van der Waals surface area contributed by atoms with Crippen LogP contribution >= 0.6 is 0 Å². The molecule has 0 amide bonds. The van der Waals surface area contributed by atoms with Gasteiger partial charge < -0.3 is 21.3 Å². The van der Waals surface area contributed by atoms with Crippen molar-refractivity contribution < 1.29 is 31.1 Å². The number of carbonyl (C=O) groups excluding carboxylic acids is 1. The van der Waals surface area contributed by atoms with Gasteiger partial charge in [0.15, 0.2) is 17.2 Å². The number of rotatable bonds is 10. The van der Waals surface area contributed by atoms with E-state index in [1.165, 1.54) is 23.2 Å². The van der Waals surface area contributed by atoms with Crippen molar-refractivity contribution in [3.8, 4) is 0 Å². The highest BCUT2D eigenvalue weighted by molar-refractivity contribution is 5.89. The van der Waals surface area contributed by atoms with E-state index in [9.17, 15) is 26.3 Å². The molecule has 2 aromatic carbocycles. The molecule has 6 rings (SSSR count). The van der Waals surface area contributed by atoms with E-state index in [2.05, 4.69) is 20.0 Å². The zero-order chi connectivity index (χ0) is 37.4. The summed E-state index contributed by atoms with van der Waals surface area (Å²) in [5, 5.41) is 7.67. The van der Waals surface area contributed by atoms with Crippen LogP contribution in [0.5, 0.6) is 0 Å². The summed E-state index contributed by atoms with van der Waals surface area (Å²) < 4.78 is 84.6. The summed E-state index contributed by atoms with van der Waals surface area (Å²) in [5.74, 6) is -0.332. The lowest BCUT2D eigenvalue weighted by Gasteiger charge is -2.43. The van der Waals surface area contributed by atoms with E-state index < -0.39 is 35.8 Å². The Morgan fingerprint density at radius 2 is 1.00 bits per heavy atom. The number of benzene rings is 2. The van der Waals surface area contributed by atoms with Crippen LogP contribution in [0.15, 0.2) is 60.7 Å². The predicted octanol–water partition coefficient (Wildman–Crippen LogP) is 4.55. The third kappa shape index (κ3) is 8.30. The van der Waals surface area contributed by atoms with Crippen LogP contribution in [-0.4, -0.2) is 99.6 Å². The summed E-state index contributed by atoms with van der Waals surface area (Å²) >= 11 is 0. The number of hydrogen-bond acceptors (Lipinski definition) is 9. The number of halogens is 6. The Hall–Kier alpha value is -4.77. The molecule has 17 heteroatoms. The normalized spacial score (nSPS) is 17.8. The first-order chi connectivity index (χ1) is 24.6. The largest absolute Gasteiger partial charge is 0.435 e. The molecule has 2 saturated heterocycles. The highest BCUT2D eigenvalue weighted by Gasteiger charge is 2.41. The Morgan fingerprint density at radius 1 is 0.635 bits per heavy atom. The molecule has 0 aliphatic carbocycles. The van der Waals surface area contributed by atoms with E-state index in [4.69, 9.17) is 11.5 Å². The van der Waals surface area contributed by atoms with Crippen molar-refractivity contribution in [2.24, 2.45) is 0 Å². The van der Waals surface area contributed by atoms with Gasteiger partial charge in [-0.1, -0.05) is 12.1 Å². The molecule has 52 heavy (non-hydrogen) atoms. The van der Waals surface area contributed by atoms with Crippen molar-refractivity contribution in [3.05, 3.63) is 83.4 Å². The molecule has 280 valence electrons. The molecule has 11 nitrogen and oxygen atoms in total. The molecule has 0 radical (unpaired) electrons. The maximum atomic E-state index is 15.0. The molecule has 4 heterocycles. The first kappa shape index (κ1) is 37.0. The van der Waals surface area contributed by atoms with Crippen LogP contribution in [0.2, 0.25) is 0 Å². The molecule has 0 saturated carbocycles. The van der Waals surface area contributed by atoms with Crippen LogP contribution in [0.3, 0.4) is 0 Å². The SMILES string of the molecule is Cc1cc(C(F)(F)F)nn1CC(C(=O)C(Cn1nc(C(F)(F)F)cc1C)N1CCN(c2cccc(N)c2)CC1)N1CCN(c2cccc(N)c2)CC1. The summed E-state index contributed by atoms with van der Waals surface area (Å²) in [6.07, 6.45) is -9.36. The van der Waals surface area contributed by atoms with E-state index in [-0.39, 0.29) is 30.3 Å². The lowest BCUT2D eigenvalue weighted by atomic mass is 9.99. The van der Waals surface area contributed by atoms with Crippen LogP contribution < -0.4 is 21.3 Å². The highest BCUT2D eigenvalue weighted by atomic mass is 19.4. The number of nitrogens with zero attached hydrogens (tertiary/aromatic N) is 8. The molecule has 2 fully saturated rings. The minimum atomic E-state index is -4.68. The minimum absolute atomic E-state index is 0.176. The Balaban J connectivity index is 1.32. The van der Waals surface area contributed by atoms with Gasteiger partial charge in [0.2, 0.25) is 0 Å². The number of aryl methyl sites for hydroxylation is 2. The number of Topliss-reactive ketones (excluding diaryl/α,β-unsaturated/α-hetero) is 1. The van der Waals surface area contributed by atoms with Crippen LogP contribution in [-0.2, 0) is 30.2 Å². The highest BCUT2D eigenvalue weighted by Crippen LogP contribution is 2.31. The Morgan fingerprint density at radius 3 is 1.31 bits per heavy atom. The number of anilines is 4. The van der Waals surface area contributed by atoms with E-state index in [0.717, 1.165) is 23.5 Å². The van der Waals surface area contributed by atoms with Gasteiger partial charge in [-0.3, -0.25) is 24.0 Å². The minimum Gasteiger partial charge on any atom is -0.399 e. The van der Waals surface area contributed by atoms with Gasteiger partial charge in [0, 0.05) is 86.5 Å². The van der Waals surface area contributed by atoms with Crippen molar-refractivity contribution >= 4 is 28.5 Å². The van der Waals surface area contributed by atoms with Crippen molar-refractivity contribution in [2.45, 2.75) is 51.4 Å². The predicted molar refractivity (Wildman–Crippen MR) is 186 cm³/mol. The molecule has 0 bridgehead atoms. The van der Waals surface area contributed by atoms with Crippen molar-refractivity contribution in [1.29, 1.82) is 0 Å². The van der Waals surface area contributed by atoms with Gasteiger partial charge in [-0.2, -0.15) is 36.5 Å². The number of hydrogen-bond donors (Lipinski definition) is 2. The van der Waals surface area contributed by atoms with Gasteiger partial charge in [-0.05, 0) is 62.4 Å². The second-order valence-corrected chi connectivity index (χ2v) is 13.4. The number of nitrogen functional groups attached to an aromatic ring is 2. The van der Waals surface area contributed by atoms with E-state index in [0.29, 0.717) is 63.7 Å². The van der Waals surface area contributed by atoms with Gasteiger partial charge in [0.25, 0.3) is 0 Å². The Bertz CT molecular complexity index is 1720. The molecule has 2 atom stereocenters. The number of piperazine rings is 2. The van der Waals surface area contributed by atoms with Gasteiger partial charge in [-0.25, -0.2) is 0 Å². The standard InChI is InChI=1S/C35H42F6N10O/c1-23-17-31(34(36,37)38)44-50(23)21-29(48-13-9-46(10-14-48)27-7-3-5-25(42)19-27)33(52)30(22-51-24(2)18-32(45-51)35(39,40)41)49-15-11-47(12-16-49)28-8-4-6-26(43)20-28/h3-8,17-20,29-30H,9-16,21-22,42-43H2,1-2H3. The summed E-state index contributed by atoms with van der Waals surface area (Å²) in [6.45, 7) is 6.27. The first-order valence-electron chi connectivity index (χ1n) is 17.0. The van der Waals surface area contributed by atoms with Gasteiger partial charge in [0.05, 0.1) is 25.2 Å². The second kappa shape index (κ2) is 14.7. The van der Waals surface area contributed by atoms with Crippen molar-refractivity contribution in [2.75, 3.05) is 73.6 Å². The molecule has 2 aromatic heterocycles. The summed E-state index contributed by atoms with van der Waals surface area (Å²) in [4.78, 5) is 23.1. The fourth-order valence-corrected chi connectivity index (χ4v) is 7.01. The van der Waals surface area contributed by atoms with Crippen LogP contribution in [0, 0.1) is 13.8 Å². The lowest BCUT2D eigenvalue weighted by Crippen LogP contribution is -2.61. The zero-order valence-corrected chi connectivity index (χ0v) is 28.9. The van der Waals surface area contributed by atoms with Gasteiger partial charge >= 0.3 is 12.4 Å². The van der Waals surface area contributed by atoms with Gasteiger partial charge in [-0.15, -0.1) is 0 Å². The number of carbonyl (C=O) groups is 1. The number of alkyl halides is 6. The average Bonchev–Trinajstić information content (AvgIpc) is 3.67. The fraction of sp³-hybridized carbons (Fsp3) is 0.457. The monoisotopic (exact) mass is 732 g/mol. The molecule has 2 aliphatic heterocycles. The topological polar surface area (TPSA) is 118 Å². The number of aromatic nitrogens is 4. The maximum absolute atomic E-state index is 15.0. The molecule has 4 aromatic rings. The van der Waals surface area contributed by atoms with Crippen molar-refractivity contribution in [3.63, 3.8) is 0 Å².